The normalized spacial score (nSPS) is 12.9. The molecule has 0 radical (unpaired) electrons. The van der Waals surface area contributed by atoms with Gasteiger partial charge in [0.2, 0.25) is 0 Å². The standard InChI is InChI=1S/C25H31NO6/c1-5-30-21(27)17-25(22(28)32-24(2,3)4,16-19-12-8-6-9-13-19)26-23(29)31-18-20-14-10-7-11-15-20/h6-15H,5,16-18H2,1-4H3,(H,26,29). The molecule has 1 N–H and O–H groups in total. The summed E-state index contributed by atoms with van der Waals surface area (Å²) in [6.07, 6.45) is -1.20. The van der Waals surface area contributed by atoms with Crippen LogP contribution in [-0.4, -0.2) is 35.8 Å². The maximum absolute atomic E-state index is 13.3. The number of hydrogen-bond donors (Lipinski definition) is 1. The van der Waals surface area contributed by atoms with Crippen LogP contribution in [0.25, 0.3) is 0 Å². The van der Waals surface area contributed by atoms with Crippen molar-refractivity contribution in [1.82, 2.24) is 5.32 Å². The third kappa shape index (κ3) is 8.06. The summed E-state index contributed by atoms with van der Waals surface area (Å²) >= 11 is 0. The zero-order valence-electron chi connectivity index (χ0n) is 19.1. The SMILES string of the molecule is CCOC(=O)CC(Cc1ccccc1)(NC(=O)OCc1ccccc1)C(=O)OC(C)(C)C. The van der Waals surface area contributed by atoms with Gasteiger partial charge in [0.15, 0.2) is 5.54 Å². The van der Waals surface area contributed by atoms with E-state index < -0.39 is 35.6 Å². The largest absolute Gasteiger partial charge is 0.466 e. The molecule has 2 aromatic carbocycles. The molecule has 7 nitrogen and oxygen atoms in total. The second-order valence-corrected chi connectivity index (χ2v) is 8.41. The lowest BCUT2D eigenvalue weighted by Crippen LogP contribution is -2.59. The van der Waals surface area contributed by atoms with E-state index >= 15 is 0 Å². The highest BCUT2D eigenvalue weighted by Crippen LogP contribution is 2.24. The molecule has 0 aliphatic rings. The second-order valence-electron chi connectivity index (χ2n) is 8.41. The fourth-order valence-electron chi connectivity index (χ4n) is 3.08. The Labute approximate surface area is 189 Å². The lowest BCUT2D eigenvalue weighted by molar-refractivity contribution is -0.167. The number of nitrogens with one attached hydrogen (secondary N) is 1. The van der Waals surface area contributed by atoms with Crippen LogP contribution in [0.3, 0.4) is 0 Å². The first kappa shape index (κ1) is 24.9. The van der Waals surface area contributed by atoms with Crippen LogP contribution < -0.4 is 5.32 Å². The summed E-state index contributed by atoms with van der Waals surface area (Å²) in [6.45, 7) is 6.99. The van der Waals surface area contributed by atoms with Gasteiger partial charge in [-0.05, 0) is 38.8 Å². The van der Waals surface area contributed by atoms with E-state index in [4.69, 9.17) is 14.2 Å². The van der Waals surface area contributed by atoms with Crippen molar-refractivity contribution in [2.75, 3.05) is 6.61 Å². The molecule has 0 spiro atoms. The van der Waals surface area contributed by atoms with Gasteiger partial charge in [-0.2, -0.15) is 0 Å². The van der Waals surface area contributed by atoms with E-state index in [0.717, 1.165) is 11.1 Å². The third-order valence-electron chi connectivity index (χ3n) is 4.44. The molecule has 172 valence electrons. The van der Waals surface area contributed by atoms with Crippen LogP contribution in [0.1, 0.15) is 45.2 Å². The van der Waals surface area contributed by atoms with Crippen molar-refractivity contribution in [1.29, 1.82) is 0 Å². The number of carbonyl (C=O) groups is 3. The molecule has 7 heteroatoms. The molecular formula is C25H31NO6. The smallest absolute Gasteiger partial charge is 0.408 e. The van der Waals surface area contributed by atoms with Crippen molar-refractivity contribution in [3.8, 4) is 0 Å². The number of amides is 1. The van der Waals surface area contributed by atoms with Crippen molar-refractivity contribution in [2.24, 2.45) is 0 Å². The number of hydrogen-bond acceptors (Lipinski definition) is 6. The number of alkyl carbamates (subject to hydrolysis) is 1. The van der Waals surface area contributed by atoms with E-state index in [2.05, 4.69) is 5.32 Å². The number of esters is 2. The van der Waals surface area contributed by atoms with Gasteiger partial charge < -0.3 is 19.5 Å². The molecule has 0 aromatic heterocycles. The molecular weight excluding hydrogens is 410 g/mol. The maximum atomic E-state index is 13.3. The summed E-state index contributed by atoms with van der Waals surface area (Å²) in [4.78, 5) is 38.5. The zero-order chi connectivity index (χ0) is 23.6. The summed E-state index contributed by atoms with van der Waals surface area (Å²) in [5.74, 6) is -1.36. The monoisotopic (exact) mass is 441 g/mol. The molecule has 1 amide bonds. The van der Waals surface area contributed by atoms with Gasteiger partial charge in [-0.25, -0.2) is 9.59 Å². The topological polar surface area (TPSA) is 90.9 Å². The van der Waals surface area contributed by atoms with E-state index in [0.29, 0.717) is 0 Å². The highest BCUT2D eigenvalue weighted by atomic mass is 16.6. The maximum Gasteiger partial charge on any atom is 0.408 e. The van der Waals surface area contributed by atoms with Crippen molar-refractivity contribution in [2.45, 2.75) is 58.3 Å². The van der Waals surface area contributed by atoms with Gasteiger partial charge in [-0.1, -0.05) is 60.7 Å². The van der Waals surface area contributed by atoms with Crippen molar-refractivity contribution in [3.63, 3.8) is 0 Å². The highest BCUT2D eigenvalue weighted by Gasteiger charge is 2.46. The lowest BCUT2D eigenvalue weighted by atomic mass is 9.87. The minimum Gasteiger partial charge on any atom is -0.466 e. The summed E-state index contributed by atoms with van der Waals surface area (Å²) in [6, 6.07) is 18.2. The van der Waals surface area contributed by atoms with Gasteiger partial charge >= 0.3 is 18.0 Å². The molecule has 0 saturated heterocycles. The molecule has 0 bridgehead atoms. The molecule has 0 aliphatic heterocycles. The van der Waals surface area contributed by atoms with E-state index in [9.17, 15) is 14.4 Å². The van der Waals surface area contributed by atoms with Gasteiger partial charge in [0.25, 0.3) is 0 Å². The Hall–Kier alpha value is -3.35. The fourth-order valence-corrected chi connectivity index (χ4v) is 3.08. The Morgan fingerprint density at radius 3 is 1.94 bits per heavy atom. The Bertz CT molecular complexity index is 892. The van der Waals surface area contributed by atoms with Gasteiger partial charge in [0.1, 0.15) is 12.2 Å². The first-order valence-corrected chi connectivity index (χ1v) is 10.6. The van der Waals surface area contributed by atoms with Crippen LogP contribution in [-0.2, 0) is 36.8 Å². The van der Waals surface area contributed by atoms with Gasteiger partial charge in [0, 0.05) is 6.42 Å². The van der Waals surface area contributed by atoms with Crippen LogP contribution in [0.15, 0.2) is 60.7 Å². The van der Waals surface area contributed by atoms with Crippen molar-refractivity contribution < 1.29 is 28.6 Å². The van der Waals surface area contributed by atoms with Gasteiger partial charge in [-0.15, -0.1) is 0 Å². The number of benzene rings is 2. The first-order valence-electron chi connectivity index (χ1n) is 10.6. The number of rotatable bonds is 9. The minimum atomic E-state index is -1.70. The Morgan fingerprint density at radius 2 is 1.41 bits per heavy atom. The molecule has 0 fully saturated rings. The molecule has 0 aliphatic carbocycles. The fraction of sp³-hybridized carbons (Fsp3) is 0.400. The third-order valence-corrected chi connectivity index (χ3v) is 4.44. The van der Waals surface area contributed by atoms with Gasteiger partial charge in [-0.3, -0.25) is 4.79 Å². The number of carbonyl (C=O) groups excluding carboxylic acids is 3. The van der Waals surface area contributed by atoms with E-state index in [1.165, 1.54) is 0 Å². The summed E-state index contributed by atoms with van der Waals surface area (Å²) < 4.78 is 16.0. The van der Waals surface area contributed by atoms with Crippen molar-refractivity contribution in [3.05, 3.63) is 71.8 Å². The Balaban J connectivity index is 2.33. The highest BCUT2D eigenvalue weighted by molar-refractivity contribution is 5.91. The summed E-state index contributed by atoms with van der Waals surface area (Å²) in [5.41, 5.74) is -0.997. The molecule has 0 saturated carbocycles. The van der Waals surface area contributed by atoms with Crippen LogP contribution in [0, 0.1) is 0 Å². The van der Waals surface area contributed by atoms with E-state index in [1.54, 1.807) is 39.8 Å². The molecule has 1 unspecified atom stereocenters. The average Bonchev–Trinajstić information content (AvgIpc) is 2.72. The Morgan fingerprint density at radius 1 is 0.844 bits per heavy atom. The predicted octanol–water partition coefficient (Wildman–Crippen LogP) is 4.19. The summed E-state index contributed by atoms with van der Waals surface area (Å²) in [7, 11) is 0. The molecule has 32 heavy (non-hydrogen) atoms. The summed E-state index contributed by atoms with van der Waals surface area (Å²) in [5, 5.41) is 2.62. The van der Waals surface area contributed by atoms with Gasteiger partial charge in [0.05, 0.1) is 13.0 Å². The Kier molecular flexibility index (Phi) is 8.81. The second kappa shape index (κ2) is 11.3. The van der Waals surface area contributed by atoms with E-state index in [1.807, 2.05) is 48.5 Å². The molecule has 2 rings (SSSR count). The number of ether oxygens (including phenoxy) is 3. The molecule has 0 heterocycles. The average molecular weight is 442 g/mol. The van der Waals surface area contributed by atoms with Crippen molar-refractivity contribution >= 4 is 18.0 Å². The van der Waals surface area contributed by atoms with E-state index in [-0.39, 0.29) is 19.6 Å². The van der Waals surface area contributed by atoms with Crippen LogP contribution >= 0.6 is 0 Å². The van der Waals surface area contributed by atoms with Crippen LogP contribution in [0.4, 0.5) is 4.79 Å². The minimum absolute atomic E-state index is 0.0157. The molecule has 2 aromatic rings. The zero-order valence-corrected chi connectivity index (χ0v) is 19.1. The van der Waals surface area contributed by atoms with Crippen LogP contribution in [0.2, 0.25) is 0 Å². The lowest BCUT2D eigenvalue weighted by Gasteiger charge is -2.34. The molecule has 1 atom stereocenters. The quantitative estimate of drug-likeness (QED) is 0.464. The first-order chi connectivity index (χ1) is 15.1. The van der Waals surface area contributed by atoms with Crippen LogP contribution in [0.5, 0.6) is 0 Å². The predicted molar refractivity (Wildman–Crippen MR) is 120 cm³/mol.